The number of fused-ring (bicyclic) bond motifs is 1. The number of amides is 1. The molecule has 8 heteroatoms. The molecule has 0 saturated heterocycles. The number of carbonyl (C=O) groups excluding carboxylic acids is 1. The van der Waals surface area contributed by atoms with E-state index in [1.165, 1.54) is 28.2 Å². The Morgan fingerprint density at radius 1 is 1.15 bits per heavy atom. The first-order valence-corrected chi connectivity index (χ1v) is 8.53. The van der Waals surface area contributed by atoms with Crippen molar-refractivity contribution < 1.29 is 9.72 Å². The number of anilines is 3. The van der Waals surface area contributed by atoms with Crippen LogP contribution in [0.25, 0.3) is 0 Å². The van der Waals surface area contributed by atoms with Gasteiger partial charge >= 0.3 is 5.82 Å². The minimum Gasteiger partial charge on any atom is -0.358 e. The minimum absolute atomic E-state index is 0.0882. The van der Waals surface area contributed by atoms with Gasteiger partial charge in [-0.05, 0) is 47.2 Å². The van der Waals surface area contributed by atoms with Crippen molar-refractivity contribution in [1.29, 1.82) is 0 Å². The van der Waals surface area contributed by atoms with Crippen molar-refractivity contribution in [3.05, 3.63) is 76.5 Å². The smallest absolute Gasteiger partial charge is 0.358 e. The maximum absolute atomic E-state index is 12.1. The number of nitro groups is 1. The van der Waals surface area contributed by atoms with Crippen molar-refractivity contribution >= 4 is 28.8 Å². The molecule has 2 heterocycles. The van der Waals surface area contributed by atoms with E-state index in [9.17, 15) is 14.9 Å². The van der Waals surface area contributed by atoms with Gasteiger partial charge in [-0.25, -0.2) is 0 Å². The molecule has 1 aliphatic heterocycles. The number of hydrogen-bond acceptors (Lipinski definition) is 5. The summed E-state index contributed by atoms with van der Waals surface area (Å²) in [5.74, 6) is -0.578. The van der Waals surface area contributed by atoms with E-state index in [2.05, 4.69) is 33.5 Å². The Morgan fingerprint density at radius 2 is 1.93 bits per heavy atom. The van der Waals surface area contributed by atoms with Gasteiger partial charge in [-0.15, -0.1) is 0 Å². The van der Waals surface area contributed by atoms with Gasteiger partial charge in [0, 0.05) is 23.6 Å². The highest BCUT2D eigenvalue weighted by Crippen LogP contribution is 2.34. The maximum atomic E-state index is 12.1. The molecule has 0 bridgehead atoms. The minimum atomic E-state index is -0.594. The summed E-state index contributed by atoms with van der Waals surface area (Å²) in [6, 6.07) is 17.2. The summed E-state index contributed by atoms with van der Waals surface area (Å²) in [5, 5.41) is 17.1. The van der Waals surface area contributed by atoms with Gasteiger partial charge in [-0.3, -0.25) is 4.79 Å². The average molecular weight is 363 g/mol. The number of rotatable bonds is 5. The quantitative estimate of drug-likeness (QED) is 0.555. The van der Waals surface area contributed by atoms with Gasteiger partial charge in [0.05, 0.1) is 17.4 Å². The molecule has 1 N–H and O–H groups in total. The molecule has 0 fully saturated rings. The lowest BCUT2D eigenvalue weighted by Gasteiger charge is -2.20. The number of hydrogen-bond donors (Lipinski definition) is 1. The summed E-state index contributed by atoms with van der Waals surface area (Å²) in [6.07, 6.45) is 2.43. The summed E-state index contributed by atoms with van der Waals surface area (Å²) in [4.78, 5) is 24.4. The third-order valence-electron chi connectivity index (χ3n) is 4.47. The van der Waals surface area contributed by atoms with E-state index < -0.39 is 4.92 Å². The summed E-state index contributed by atoms with van der Waals surface area (Å²) < 4.78 is 1.24. The fourth-order valence-corrected chi connectivity index (χ4v) is 3.22. The summed E-state index contributed by atoms with van der Waals surface area (Å²) in [7, 11) is 0. The average Bonchev–Trinajstić information content (AvgIpc) is 3.29. The maximum Gasteiger partial charge on any atom is 0.389 e. The predicted molar refractivity (Wildman–Crippen MR) is 101 cm³/mol. The monoisotopic (exact) mass is 363 g/mol. The fourth-order valence-electron chi connectivity index (χ4n) is 3.22. The molecule has 3 aromatic rings. The summed E-state index contributed by atoms with van der Waals surface area (Å²) in [6.45, 7) is 0.845. The molecule has 4 rings (SSSR count). The number of nitrogens with one attached hydrogen (secondary N) is 1. The van der Waals surface area contributed by atoms with Gasteiger partial charge in [0.2, 0.25) is 5.91 Å². The van der Waals surface area contributed by atoms with Crippen molar-refractivity contribution in [2.24, 2.45) is 0 Å². The molecule has 0 saturated carbocycles. The lowest BCUT2D eigenvalue weighted by atomic mass is 10.2. The molecule has 0 atom stereocenters. The Hall–Kier alpha value is -3.68. The topological polar surface area (TPSA) is 93.3 Å². The molecule has 136 valence electrons. The van der Waals surface area contributed by atoms with Crippen LogP contribution in [0.4, 0.5) is 22.9 Å². The standard InChI is InChI=1S/C19H17N5O3/c25-19(13-22-11-10-18(21-22)24(26)27)20-15-5-7-16(8-6-15)23-12-9-14-3-1-2-4-17(14)23/h1-8,10-11H,9,12-13H2,(H,20,25). The second-order valence-corrected chi connectivity index (χ2v) is 6.25. The van der Waals surface area contributed by atoms with Crippen LogP contribution >= 0.6 is 0 Å². The van der Waals surface area contributed by atoms with Crippen molar-refractivity contribution in [2.75, 3.05) is 16.8 Å². The van der Waals surface area contributed by atoms with Crippen LogP contribution in [0.15, 0.2) is 60.8 Å². The van der Waals surface area contributed by atoms with Crippen LogP contribution in [0, 0.1) is 10.1 Å². The Labute approximate surface area is 155 Å². The van der Waals surface area contributed by atoms with E-state index in [-0.39, 0.29) is 18.3 Å². The van der Waals surface area contributed by atoms with E-state index in [0.717, 1.165) is 18.7 Å². The number of nitrogens with zero attached hydrogens (tertiary/aromatic N) is 4. The van der Waals surface area contributed by atoms with Crippen molar-refractivity contribution in [3.63, 3.8) is 0 Å². The predicted octanol–water partition coefficient (Wildman–Crippen LogP) is 3.12. The Kier molecular flexibility index (Phi) is 4.29. The van der Waals surface area contributed by atoms with Crippen molar-refractivity contribution in [1.82, 2.24) is 9.78 Å². The second-order valence-electron chi connectivity index (χ2n) is 6.25. The van der Waals surface area contributed by atoms with Gasteiger partial charge in [-0.2, -0.15) is 4.68 Å². The first-order valence-electron chi connectivity index (χ1n) is 8.53. The van der Waals surface area contributed by atoms with E-state index in [0.29, 0.717) is 5.69 Å². The Bertz CT molecular complexity index is 997. The molecule has 1 aromatic heterocycles. The summed E-state index contributed by atoms with van der Waals surface area (Å²) >= 11 is 0. The Morgan fingerprint density at radius 3 is 2.67 bits per heavy atom. The van der Waals surface area contributed by atoms with Gasteiger partial charge in [0.15, 0.2) is 0 Å². The van der Waals surface area contributed by atoms with Crippen LogP contribution < -0.4 is 10.2 Å². The van der Waals surface area contributed by atoms with Crippen molar-refractivity contribution in [3.8, 4) is 0 Å². The highest BCUT2D eigenvalue weighted by molar-refractivity contribution is 5.90. The lowest BCUT2D eigenvalue weighted by Crippen LogP contribution is -2.19. The first-order chi connectivity index (χ1) is 13.1. The number of benzene rings is 2. The van der Waals surface area contributed by atoms with Gasteiger partial charge < -0.3 is 20.3 Å². The molecule has 0 unspecified atom stereocenters. The molecule has 0 spiro atoms. The SMILES string of the molecule is O=C(Cn1ccc([N+](=O)[O-])n1)Nc1ccc(N2CCc3ccccc32)cc1. The van der Waals surface area contributed by atoms with Crippen LogP contribution in [0.3, 0.4) is 0 Å². The van der Waals surface area contributed by atoms with Gasteiger partial charge in [0.25, 0.3) is 0 Å². The Balaban J connectivity index is 1.40. The van der Waals surface area contributed by atoms with Crippen molar-refractivity contribution in [2.45, 2.75) is 13.0 Å². The van der Waals surface area contributed by atoms with Gasteiger partial charge in [0.1, 0.15) is 6.54 Å². The molecule has 0 radical (unpaired) electrons. The highest BCUT2D eigenvalue weighted by Gasteiger charge is 2.19. The molecule has 27 heavy (non-hydrogen) atoms. The third kappa shape index (κ3) is 3.50. The largest absolute Gasteiger partial charge is 0.389 e. The first kappa shape index (κ1) is 16.8. The normalized spacial score (nSPS) is 12.7. The van der Waals surface area contributed by atoms with Crippen LogP contribution in [0.5, 0.6) is 0 Å². The lowest BCUT2D eigenvalue weighted by molar-refractivity contribution is -0.389. The summed E-state index contributed by atoms with van der Waals surface area (Å²) in [5.41, 5.74) is 4.29. The third-order valence-corrected chi connectivity index (χ3v) is 4.47. The highest BCUT2D eigenvalue weighted by atomic mass is 16.6. The van der Waals surface area contributed by atoms with Crippen LogP contribution in [-0.2, 0) is 17.8 Å². The van der Waals surface area contributed by atoms with Crippen LogP contribution in [0.1, 0.15) is 5.56 Å². The zero-order valence-corrected chi connectivity index (χ0v) is 14.4. The number of carbonyl (C=O) groups is 1. The van der Waals surface area contributed by atoms with E-state index >= 15 is 0 Å². The number of aromatic nitrogens is 2. The van der Waals surface area contributed by atoms with E-state index in [1.807, 2.05) is 30.3 Å². The molecular weight excluding hydrogens is 346 g/mol. The molecule has 2 aromatic carbocycles. The molecule has 1 aliphatic rings. The van der Waals surface area contributed by atoms with E-state index in [4.69, 9.17) is 0 Å². The van der Waals surface area contributed by atoms with E-state index in [1.54, 1.807) is 0 Å². The van der Waals surface area contributed by atoms with Gasteiger partial charge in [-0.1, -0.05) is 18.2 Å². The zero-order chi connectivity index (χ0) is 18.8. The second kappa shape index (κ2) is 6.91. The zero-order valence-electron chi connectivity index (χ0n) is 14.4. The molecular formula is C19H17N5O3. The fraction of sp³-hybridized carbons (Fsp3) is 0.158. The molecule has 0 aliphatic carbocycles. The molecule has 8 nitrogen and oxygen atoms in total. The number of para-hydroxylation sites is 1. The molecule has 1 amide bonds. The van der Waals surface area contributed by atoms with Crippen LogP contribution in [0.2, 0.25) is 0 Å². The van der Waals surface area contributed by atoms with Crippen LogP contribution in [-0.4, -0.2) is 27.2 Å².